The van der Waals surface area contributed by atoms with Crippen LogP contribution < -0.4 is 15.2 Å². The first-order valence-corrected chi connectivity index (χ1v) is 6.71. The largest absolute Gasteiger partial charge is 0.497 e. The van der Waals surface area contributed by atoms with Crippen LogP contribution >= 0.6 is 0 Å². The third-order valence-corrected chi connectivity index (χ3v) is 3.55. The van der Waals surface area contributed by atoms with Gasteiger partial charge in [0.25, 0.3) is 0 Å². The summed E-state index contributed by atoms with van der Waals surface area (Å²) in [6, 6.07) is 8.70. The van der Waals surface area contributed by atoms with E-state index in [1.54, 1.807) is 46.3 Å². The van der Waals surface area contributed by atoms with Gasteiger partial charge in [0.15, 0.2) is 0 Å². The van der Waals surface area contributed by atoms with Crippen LogP contribution in [0.5, 0.6) is 11.5 Å². The van der Waals surface area contributed by atoms with Gasteiger partial charge in [0.05, 0.1) is 20.3 Å². The molecule has 1 unspecified atom stereocenters. The molecule has 2 aromatic rings. The molecule has 0 aromatic heterocycles. The fourth-order valence-electron chi connectivity index (χ4n) is 2.36. The van der Waals surface area contributed by atoms with E-state index >= 15 is 0 Å². The minimum atomic E-state index is -0.369. The molecule has 0 fully saturated rings. The number of halogens is 1. The second-order valence-corrected chi connectivity index (χ2v) is 5.09. The SMILES string of the molecule is COc1cc(OC)cc(C(N)c2cc(C)c(F)c(C)c2)c1. The molecular weight excluding hydrogens is 269 g/mol. The van der Waals surface area contributed by atoms with E-state index in [-0.39, 0.29) is 11.9 Å². The van der Waals surface area contributed by atoms with Crippen LogP contribution in [0, 0.1) is 19.7 Å². The van der Waals surface area contributed by atoms with Crippen LogP contribution in [-0.2, 0) is 0 Å². The number of hydrogen-bond acceptors (Lipinski definition) is 3. The summed E-state index contributed by atoms with van der Waals surface area (Å²) in [4.78, 5) is 0. The van der Waals surface area contributed by atoms with E-state index in [0.717, 1.165) is 11.1 Å². The molecule has 0 spiro atoms. The van der Waals surface area contributed by atoms with Gasteiger partial charge in [-0.3, -0.25) is 0 Å². The summed E-state index contributed by atoms with van der Waals surface area (Å²) >= 11 is 0. The molecule has 0 radical (unpaired) electrons. The second-order valence-electron chi connectivity index (χ2n) is 5.09. The van der Waals surface area contributed by atoms with E-state index in [4.69, 9.17) is 15.2 Å². The fraction of sp³-hybridized carbons (Fsp3) is 0.294. The lowest BCUT2D eigenvalue weighted by Gasteiger charge is -2.17. The molecule has 2 N–H and O–H groups in total. The maximum Gasteiger partial charge on any atom is 0.129 e. The van der Waals surface area contributed by atoms with Crippen LogP contribution in [-0.4, -0.2) is 14.2 Å². The zero-order chi connectivity index (χ0) is 15.6. The normalized spacial score (nSPS) is 12.1. The van der Waals surface area contributed by atoms with Crippen molar-refractivity contribution < 1.29 is 13.9 Å². The highest BCUT2D eigenvalue weighted by molar-refractivity contribution is 5.44. The molecule has 4 heteroatoms. The summed E-state index contributed by atoms with van der Waals surface area (Å²) in [5, 5.41) is 0. The molecule has 2 aromatic carbocycles. The topological polar surface area (TPSA) is 44.5 Å². The van der Waals surface area contributed by atoms with E-state index < -0.39 is 0 Å². The van der Waals surface area contributed by atoms with Crippen molar-refractivity contribution in [2.45, 2.75) is 19.9 Å². The third-order valence-electron chi connectivity index (χ3n) is 3.55. The number of aryl methyl sites for hydroxylation is 2. The number of nitrogens with two attached hydrogens (primary N) is 1. The molecule has 0 aliphatic carbocycles. The van der Waals surface area contributed by atoms with Gasteiger partial charge in [-0.1, -0.05) is 12.1 Å². The quantitative estimate of drug-likeness (QED) is 0.936. The van der Waals surface area contributed by atoms with Gasteiger partial charge in [-0.05, 0) is 48.2 Å². The van der Waals surface area contributed by atoms with Crippen molar-refractivity contribution in [2.24, 2.45) is 5.73 Å². The second kappa shape index (κ2) is 6.14. The summed E-state index contributed by atoms with van der Waals surface area (Å²) in [5.41, 5.74) is 9.22. The van der Waals surface area contributed by atoms with Gasteiger partial charge >= 0.3 is 0 Å². The van der Waals surface area contributed by atoms with Crippen LogP contribution in [0.2, 0.25) is 0 Å². The van der Waals surface area contributed by atoms with E-state index in [1.165, 1.54) is 0 Å². The predicted molar refractivity (Wildman–Crippen MR) is 81.5 cm³/mol. The minimum Gasteiger partial charge on any atom is -0.497 e. The van der Waals surface area contributed by atoms with Crippen molar-refractivity contribution in [3.63, 3.8) is 0 Å². The molecule has 0 saturated carbocycles. The molecule has 21 heavy (non-hydrogen) atoms. The van der Waals surface area contributed by atoms with E-state index in [2.05, 4.69) is 0 Å². The van der Waals surface area contributed by atoms with Gasteiger partial charge in [0, 0.05) is 6.07 Å². The van der Waals surface area contributed by atoms with Crippen LogP contribution in [0.4, 0.5) is 4.39 Å². The average Bonchev–Trinajstić information content (AvgIpc) is 2.50. The first-order chi connectivity index (χ1) is 9.96. The smallest absolute Gasteiger partial charge is 0.129 e. The number of rotatable bonds is 4. The van der Waals surface area contributed by atoms with E-state index in [0.29, 0.717) is 22.6 Å². The van der Waals surface area contributed by atoms with Crippen LogP contribution in [0.25, 0.3) is 0 Å². The first kappa shape index (κ1) is 15.3. The fourth-order valence-corrected chi connectivity index (χ4v) is 2.36. The van der Waals surface area contributed by atoms with Crippen molar-refractivity contribution in [3.05, 3.63) is 58.4 Å². The van der Waals surface area contributed by atoms with Gasteiger partial charge < -0.3 is 15.2 Å². The standard InChI is InChI=1S/C17H20FNO2/c1-10-5-12(6-11(2)16(10)18)17(19)13-7-14(20-3)9-15(8-13)21-4/h5-9,17H,19H2,1-4H3. The summed E-state index contributed by atoms with van der Waals surface area (Å²) in [7, 11) is 3.19. The van der Waals surface area contributed by atoms with Gasteiger partial charge in [-0.25, -0.2) is 4.39 Å². The van der Waals surface area contributed by atoms with Crippen LogP contribution in [0.3, 0.4) is 0 Å². The highest BCUT2D eigenvalue weighted by Gasteiger charge is 2.14. The molecule has 0 bridgehead atoms. The lowest BCUT2D eigenvalue weighted by Crippen LogP contribution is -2.13. The molecule has 0 amide bonds. The molecule has 2 rings (SSSR count). The van der Waals surface area contributed by atoms with E-state index in [1.807, 2.05) is 12.1 Å². The highest BCUT2D eigenvalue weighted by atomic mass is 19.1. The monoisotopic (exact) mass is 289 g/mol. The Kier molecular flexibility index (Phi) is 4.48. The molecule has 112 valence electrons. The van der Waals surface area contributed by atoms with Gasteiger partial charge in [-0.15, -0.1) is 0 Å². The Morgan fingerprint density at radius 3 is 1.71 bits per heavy atom. The molecule has 3 nitrogen and oxygen atoms in total. The Hall–Kier alpha value is -2.07. The predicted octanol–water partition coefficient (Wildman–Crippen LogP) is 3.51. The van der Waals surface area contributed by atoms with Crippen molar-refractivity contribution in [2.75, 3.05) is 14.2 Å². The van der Waals surface area contributed by atoms with Crippen molar-refractivity contribution in [1.82, 2.24) is 0 Å². The minimum absolute atomic E-state index is 0.186. The van der Waals surface area contributed by atoms with Crippen molar-refractivity contribution in [3.8, 4) is 11.5 Å². The molecular formula is C17H20FNO2. The van der Waals surface area contributed by atoms with Crippen LogP contribution in [0.1, 0.15) is 28.3 Å². The number of methoxy groups -OCH3 is 2. The van der Waals surface area contributed by atoms with Gasteiger partial charge in [0.1, 0.15) is 17.3 Å². The Morgan fingerprint density at radius 1 is 0.857 bits per heavy atom. The Balaban J connectivity index is 2.46. The Morgan fingerprint density at radius 2 is 1.29 bits per heavy atom. The molecule has 0 aliphatic rings. The molecule has 0 heterocycles. The first-order valence-electron chi connectivity index (χ1n) is 6.71. The lowest BCUT2D eigenvalue weighted by molar-refractivity contribution is 0.393. The molecule has 0 aliphatic heterocycles. The zero-order valence-electron chi connectivity index (χ0n) is 12.7. The van der Waals surface area contributed by atoms with Gasteiger partial charge in [0.2, 0.25) is 0 Å². The molecule has 0 saturated heterocycles. The maximum absolute atomic E-state index is 13.7. The summed E-state index contributed by atoms with van der Waals surface area (Å²) in [5.74, 6) is 1.17. The number of benzene rings is 2. The summed E-state index contributed by atoms with van der Waals surface area (Å²) in [6.45, 7) is 3.48. The molecule has 1 atom stereocenters. The average molecular weight is 289 g/mol. The Bertz CT molecular complexity index is 610. The summed E-state index contributed by atoms with van der Waals surface area (Å²) in [6.07, 6.45) is 0. The summed E-state index contributed by atoms with van der Waals surface area (Å²) < 4.78 is 24.2. The maximum atomic E-state index is 13.7. The van der Waals surface area contributed by atoms with Gasteiger partial charge in [-0.2, -0.15) is 0 Å². The lowest BCUT2D eigenvalue weighted by atomic mass is 9.95. The highest BCUT2D eigenvalue weighted by Crippen LogP contribution is 2.30. The van der Waals surface area contributed by atoms with Crippen molar-refractivity contribution >= 4 is 0 Å². The number of ether oxygens (including phenoxy) is 2. The van der Waals surface area contributed by atoms with E-state index in [9.17, 15) is 4.39 Å². The number of hydrogen-bond donors (Lipinski definition) is 1. The third kappa shape index (κ3) is 3.16. The Labute approximate surface area is 124 Å². The van der Waals surface area contributed by atoms with Crippen LogP contribution in [0.15, 0.2) is 30.3 Å². The van der Waals surface area contributed by atoms with Crippen molar-refractivity contribution in [1.29, 1.82) is 0 Å². The zero-order valence-corrected chi connectivity index (χ0v) is 12.7.